The van der Waals surface area contributed by atoms with Gasteiger partial charge in [0.05, 0.1) is 6.20 Å². The van der Waals surface area contributed by atoms with E-state index in [1.54, 1.807) is 36.5 Å². The Kier molecular flexibility index (Phi) is 5.13. The number of aromatic nitrogens is 1. The number of hydrogen-bond donors (Lipinski definition) is 1. The van der Waals surface area contributed by atoms with Gasteiger partial charge in [-0.3, -0.25) is 19.5 Å². The van der Waals surface area contributed by atoms with Crippen LogP contribution < -0.4 is 10.1 Å². The Morgan fingerprint density at radius 1 is 1.07 bits per heavy atom. The summed E-state index contributed by atoms with van der Waals surface area (Å²) in [5.41, 5.74) is 1.12. The zero-order chi connectivity index (χ0) is 19.7. The minimum absolute atomic E-state index is 0.0441. The van der Waals surface area contributed by atoms with Crippen LogP contribution in [0, 0.1) is 5.92 Å². The van der Waals surface area contributed by atoms with Crippen molar-refractivity contribution in [1.82, 2.24) is 15.2 Å². The minimum Gasteiger partial charge on any atom is -0.456 e. The third-order valence-electron chi connectivity index (χ3n) is 5.95. The molecule has 2 unspecified atom stereocenters. The lowest BCUT2D eigenvalue weighted by Crippen LogP contribution is -2.62. The summed E-state index contributed by atoms with van der Waals surface area (Å²) in [5, 5.41) is 3.24. The highest BCUT2D eigenvalue weighted by molar-refractivity contribution is 5.95. The predicted molar refractivity (Wildman–Crippen MR) is 106 cm³/mol. The molecule has 3 saturated heterocycles. The average Bonchev–Trinajstić information content (AvgIpc) is 2.71. The highest BCUT2D eigenvalue weighted by Crippen LogP contribution is 2.32. The number of Topliss-reactive ketones (excluding diaryl/α,β-unsaturated/α-hetero) is 1. The predicted octanol–water partition coefficient (Wildman–Crippen LogP) is 3.29. The van der Waals surface area contributed by atoms with Crippen LogP contribution >= 0.6 is 0 Å². The van der Waals surface area contributed by atoms with Crippen molar-refractivity contribution in [2.75, 3.05) is 13.1 Å². The first-order chi connectivity index (χ1) is 13.5. The fraction of sp³-hybridized carbons (Fsp3) is 0.409. The van der Waals surface area contributed by atoms with Crippen LogP contribution in [-0.4, -0.2) is 46.7 Å². The van der Waals surface area contributed by atoms with Crippen molar-refractivity contribution in [2.45, 2.75) is 38.8 Å². The van der Waals surface area contributed by atoms with Gasteiger partial charge in [0, 0.05) is 29.4 Å². The third kappa shape index (κ3) is 3.78. The molecular weight excluding hydrogens is 354 g/mol. The van der Waals surface area contributed by atoms with E-state index in [0.29, 0.717) is 34.6 Å². The summed E-state index contributed by atoms with van der Waals surface area (Å²) in [6, 6.07) is 9.30. The average molecular weight is 379 g/mol. The molecule has 3 aliphatic rings. The Hall–Kier alpha value is -2.73. The van der Waals surface area contributed by atoms with Gasteiger partial charge in [-0.1, -0.05) is 0 Å². The Morgan fingerprint density at radius 3 is 2.43 bits per heavy atom. The Balaban J connectivity index is 1.41. The SMILES string of the molecule is CC(=O)c1cncc(Oc2ccc(C(=O)NC3C4CCN(CC4)C3C)cc2)c1. The molecule has 6 heteroatoms. The van der Waals surface area contributed by atoms with Crippen LogP contribution in [0.2, 0.25) is 0 Å². The van der Waals surface area contributed by atoms with Crippen LogP contribution in [0.25, 0.3) is 0 Å². The molecule has 0 aliphatic carbocycles. The Labute approximate surface area is 164 Å². The molecule has 1 aromatic heterocycles. The van der Waals surface area contributed by atoms with E-state index in [2.05, 4.69) is 22.1 Å². The van der Waals surface area contributed by atoms with Crippen molar-refractivity contribution in [3.05, 3.63) is 53.9 Å². The lowest BCUT2D eigenvalue weighted by Gasteiger charge is -2.49. The maximum absolute atomic E-state index is 12.7. The molecule has 1 N–H and O–H groups in total. The Bertz CT molecular complexity index is 871. The molecule has 0 saturated carbocycles. The first-order valence-electron chi connectivity index (χ1n) is 9.80. The molecule has 2 atom stereocenters. The van der Waals surface area contributed by atoms with Gasteiger partial charge in [0.25, 0.3) is 5.91 Å². The zero-order valence-corrected chi connectivity index (χ0v) is 16.2. The fourth-order valence-corrected chi connectivity index (χ4v) is 4.26. The number of nitrogens with one attached hydrogen (secondary N) is 1. The quantitative estimate of drug-likeness (QED) is 0.807. The number of carbonyl (C=O) groups is 2. The number of fused-ring (bicyclic) bond motifs is 3. The van der Waals surface area contributed by atoms with Gasteiger partial charge in [-0.05, 0) is 76.0 Å². The molecule has 28 heavy (non-hydrogen) atoms. The molecule has 3 fully saturated rings. The molecule has 2 bridgehead atoms. The van der Waals surface area contributed by atoms with Gasteiger partial charge in [-0.15, -0.1) is 0 Å². The van der Waals surface area contributed by atoms with E-state index in [1.165, 1.54) is 13.1 Å². The van der Waals surface area contributed by atoms with Crippen LogP contribution in [0.1, 0.15) is 47.4 Å². The van der Waals surface area contributed by atoms with Crippen LogP contribution in [0.15, 0.2) is 42.7 Å². The highest BCUT2D eigenvalue weighted by Gasteiger charge is 2.40. The number of rotatable bonds is 5. The summed E-state index contributed by atoms with van der Waals surface area (Å²) in [6.45, 7) is 5.98. The second-order valence-electron chi connectivity index (χ2n) is 7.71. The second kappa shape index (κ2) is 7.72. The van der Waals surface area contributed by atoms with Crippen molar-refractivity contribution in [3.8, 4) is 11.5 Å². The summed E-state index contributed by atoms with van der Waals surface area (Å²) in [4.78, 5) is 30.7. The maximum Gasteiger partial charge on any atom is 0.251 e. The van der Waals surface area contributed by atoms with Gasteiger partial charge < -0.3 is 10.1 Å². The van der Waals surface area contributed by atoms with Crippen LogP contribution in [0.3, 0.4) is 0 Å². The minimum atomic E-state index is -0.0630. The van der Waals surface area contributed by atoms with Gasteiger partial charge in [0.2, 0.25) is 0 Å². The number of carbonyl (C=O) groups excluding carboxylic acids is 2. The molecule has 0 spiro atoms. The molecule has 0 radical (unpaired) electrons. The number of nitrogens with zero attached hydrogens (tertiary/aromatic N) is 2. The van der Waals surface area contributed by atoms with Crippen molar-refractivity contribution in [3.63, 3.8) is 0 Å². The zero-order valence-electron chi connectivity index (χ0n) is 16.2. The van der Waals surface area contributed by atoms with Gasteiger partial charge in [-0.2, -0.15) is 0 Å². The lowest BCUT2D eigenvalue weighted by atomic mass is 9.79. The number of benzene rings is 1. The van der Waals surface area contributed by atoms with E-state index >= 15 is 0 Å². The topological polar surface area (TPSA) is 71.5 Å². The molecule has 5 rings (SSSR count). The monoisotopic (exact) mass is 379 g/mol. The summed E-state index contributed by atoms with van der Waals surface area (Å²) in [7, 11) is 0. The molecule has 2 aromatic rings. The van der Waals surface area contributed by atoms with E-state index in [4.69, 9.17) is 4.74 Å². The molecule has 1 aromatic carbocycles. The first kappa shape index (κ1) is 18.6. The summed E-state index contributed by atoms with van der Waals surface area (Å²) >= 11 is 0. The van der Waals surface area contributed by atoms with Crippen molar-refractivity contribution >= 4 is 11.7 Å². The normalized spacial score (nSPS) is 25.9. The number of ether oxygens (including phenoxy) is 1. The van der Waals surface area contributed by atoms with Crippen LogP contribution in [0.5, 0.6) is 11.5 Å². The lowest BCUT2D eigenvalue weighted by molar-refractivity contribution is 0.0217. The van der Waals surface area contributed by atoms with Gasteiger partial charge in [-0.25, -0.2) is 0 Å². The summed E-state index contributed by atoms with van der Waals surface area (Å²) in [5.74, 6) is 1.55. The van der Waals surface area contributed by atoms with Crippen molar-refractivity contribution in [2.24, 2.45) is 5.92 Å². The van der Waals surface area contributed by atoms with Crippen molar-refractivity contribution < 1.29 is 14.3 Å². The number of amides is 1. The van der Waals surface area contributed by atoms with Gasteiger partial charge >= 0.3 is 0 Å². The van der Waals surface area contributed by atoms with Crippen LogP contribution in [0.4, 0.5) is 0 Å². The number of pyridine rings is 1. The molecule has 4 heterocycles. The molecule has 3 aliphatic heterocycles. The van der Waals surface area contributed by atoms with Gasteiger partial charge in [0.15, 0.2) is 5.78 Å². The smallest absolute Gasteiger partial charge is 0.251 e. The highest BCUT2D eigenvalue weighted by atomic mass is 16.5. The largest absolute Gasteiger partial charge is 0.456 e. The number of hydrogen-bond acceptors (Lipinski definition) is 5. The van der Waals surface area contributed by atoms with E-state index in [0.717, 1.165) is 25.9 Å². The van der Waals surface area contributed by atoms with E-state index < -0.39 is 0 Å². The van der Waals surface area contributed by atoms with Crippen molar-refractivity contribution in [1.29, 1.82) is 0 Å². The molecule has 146 valence electrons. The van der Waals surface area contributed by atoms with E-state index in [9.17, 15) is 9.59 Å². The third-order valence-corrected chi connectivity index (χ3v) is 5.95. The molecule has 6 nitrogen and oxygen atoms in total. The standard InChI is InChI=1S/C22H25N3O3/c1-14-21(16-7-9-25(14)10-8-16)24-22(27)17-3-5-19(6-4-17)28-20-11-18(15(2)26)12-23-13-20/h3-6,11-14,16,21H,7-10H2,1-2H3,(H,24,27). The number of piperidine rings is 3. The number of ketones is 1. The second-order valence-corrected chi connectivity index (χ2v) is 7.71. The fourth-order valence-electron chi connectivity index (χ4n) is 4.26. The molecular formula is C22H25N3O3. The van der Waals surface area contributed by atoms with E-state index in [-0.39, 0.29) is 17.7 Å². The first-order valence-corrected chi connectivity index (χ1v) is 9.80. The Morgan fingerprint density at radius 2 is 1.79 bits per heavy atom. The molecule has 1 amide bonds. The summed E-state index contributed by atoms with van der Waals surface area (Å²) < 4.78 is 5.76. The van der Waals surface area contributed by atoms with E-state index in [1.807, 2.05) is 0 Å². The summed E-state index contributed by atoms with van der Waals surface area (Å²) in [6.07, 6.45) is 5.39. The van der Waals surface area contributed by atoms with Gasteiger partial charge in [0.1, 0.15) is 11.5 Å². The maximum atomic E-state index is 12.7. The van der Waals surface area contributed by atoms with Crippen LogP contribution in [-0.2, 0) is 0 Å².